The van der Waals surface area contributed by atoms with Crippen molar-refractivity contribution in [1.29, 1.82) is 0 Å². The average Bonchev–Trinajstić information content (AvgIpc) is 3.55. The first-order valence-electron chi connectivity index (χ1n) is 11.9. The Bertz CT molecular complexity index is 1320. The Morgan fingerprint density at radius 1 is 1.05 bits per heavy atom. The molecule has 0 fully saturated rings. The molecule has 0 radical (unpaired) electrons. The Balaban J connectivity index is 1.53. The summed E-state index contributed by atoms with van der Waals surface area (Å²) in [6.45, 7) is 2.69. The van der Waals surface area contributed by atoms with E-state index in [1.54, 1.807) is 10.6 Å². The molecular formula is C26H26F3N5O2S. The lowest BCUT2D eigenvalue weighted by atomic mass is 10.1. The maximum atomic E-state index is 13.4. The molecule has 4 rings (SSSR count). The first kappa shape index (κ1) is 26.5. The number of thioether (sulfide) groups is 1. The molecule has 0 aliphatic rings. The normalized spacial score (nSPS) is 11.6. The number of halogens is 3. The molecule has 1 N–H and O–H groups in total. The van der Waals surface area contributed by atoms with E-state index in [4.69, 9.17) is 4.42 Å². The first-order valence-corrected chi connectivity index (χ1v) is 12.9. The molecule has 0 spiro atoms. The van der Waals surface area contributed by atoms with Gasteiger partial charge in [-0.1, -0.05) is 74.3 Å². The zero-order valence-corrected chi connectivity index (χ0v) is 21.0. The number of carbonyl (C=O) groups excluding carboxylic acids is 1. The molecule has 0 aliphatic carbocycles. The lowest BCUT2D eigenvalue weighted by Crippen LogP contribution is -2.24. The lowest BCUT2D eigenvalue weighted by Gasteiger charge is -2.13. The molecule has 0 atom stereocenters. The summed E-state index contributed by atoms with van der Waals surface area (Å²) in [5, 5.41) is 11.7. The van der Waals surface area contributed by atoms with E-state index in [9.17, 15) is 18.0 Å². The van der Waals surface area contributed by atoms with E-state index in [1.165, 1.54) is 24.1 Å². The first-order chi connectivity index (χ1) is 17.9. The smallest absolute Gasteiger partial charge is 0.416 e. The van der Waals surface area contributed by atoms with Crippen molar-refractivity contribution in [2.75, 3.05) is 6.54 Å². The maximum Gasteiger partial charge on any atom is 0.416 e. The summed E-state index contributed by atoms with van der Waals surface area (Å²) in [5.41, 5.74) is 0.382. The van der Waals surface area contributed by atoms with E-state index < -0.39 is 11.7 Å². The van der Waals surface area contributed by atoms with Crippen molar-refractivity contribution in [2.24, 2.45) is 0 Å². The van der Waals surface area contributed by atoms with Crippen LogP contribution in [0.3, 0.4) is 0 Å². The molecule has 0 saturated heterocycles. The summed E-state index contributed by atoms with van der Waals surface area (Å²) < 4.78 is 47.2. The Kier molecular flexibility index (Phi) is 8.65. The number of oxazole rings is 1. The molecule has 1 amide bonds. The van der Waals surface area contributed by atoms with Crippen molar-refractivity contribution >= 4 is 17.7 Å². The topological polar surface area (TPSA) is 85.8 Å². The van der Waals surface area contributed by atoms with Gasteiger partial charge in [0.2, 0.25) is 5.89 Å². The molecule has 0 aliphatic heterocycles. The fourth-order valence-electron chi connectivity index (χ4n) is 3.64. The predicted molar refractivity (Wildman–Crippen MR) is 134 cm³/mol. The van der Waals surface area contributed by atoms with Gasteiger partial charge in [-0.05, 0) is 24.6 Å². The third-order valence-corrected chi connectivity index (χ3v) is 6.44. The number of benzene rings is 2. The summed E-state index contributed by atoms with van der Waals surface area (Å²) >= 11 is 1.20. The number of hydrogen-bond donors (Lipinski definition) is 1. The van der Waals surface area contributed by atoms with Gasteiger partial charge in [0.05, 0.1) is 17.0 Å². The third kappa shape index (κ3) is 6.79. The summed E-state index contributed by atoms with van der Waals surface area (Å²) in [6, 6.07) is 14.1. The molecule has 4 aromatic rings. The Morgan fingerprint density at radius 3 is 2.62 bits per heavy atom. The predicted octanol–water partition coefficient (Wildman–Crippen LogP) is 6.54. The molecule has 0 saturated carbocycles. The van der Waals surface area contributed by atoms with Crippen LogP contribution < -0.4 is 5.32 Å². The fraction of sp³-hybridized carbons (Fsp3) is 0.308. The average molecular weight is 530 g/mol. The zero-order chi connectivity index (χ0) is 26.3. The van der Waals surface area contributed by atoms with E-state index >= 15 is 0 Å². The van der Waals surface area contributed by atoms with Crippen LogP contribution in [0.5, 0.6) is 0 Å². The second-order valence-electron chi connectivity index (χ2n) is 8.29. The van der Waals surface area contributed by atoms with Gasteiger partial charge in [-0.2, -0.15) is 13.2 Å². The maximum absolute atomic E-state index is 13.4. The van der Waals surface area contributed by atoms with Gasteiger partial charge < -0.3 is 9.73 Å². The van der Waals surface area contributed by atoms with E-state index in [1.807, 2.05) is 30.3 Å². The molecule has 0 bridgehead atoms. The van der Waals surface area contributed by atoms with Crippen molar-refractivity contribution in [1.82, 2.24) is 25.1 Å². The molecule has 2 aromatic heterocycles. The third-order valence-electron chi connectivity index (χ3n) is 5.52. The number of hydrogen-bond acceptors (Lipinski definition) is 6. The monoisotopic (exact) mass is 529 g/mol. The van der Waals surface area contributed by atoms with E-state index in [0.717, 1.165) is 37.8 Å². The minimum atomic E-state index is -4.49. The number of rotatable bonds is 11. The molecule has 11 heteroatoms. The summed E-state index contributed by atoms with van der Waals surface area (Å²) in [5.74, 6) is 0.587. The van der Waals surface area contributed by atoms with Crippen LogP contribution in [0.1, 0.15) is 54.5 Å². The molecule has 0 unspecified atom stereocenters. The quantitative estimate of drug-likeness (QED) is 0.175. The van der Waals surface area contributed by atoms with Gasteiger partial charge in [0, 0.05) is 12.1 Å². The molecule has 37 heavy (non-hydrogen) atoms. The van der Waals surface area contributed by atoms with E-state index in [0.29, 0.717) is 29.0 Å². The summed E-state index contributed by atoms with van der Waals surface area (Å²) in [6.07, 6.45) is 0.995. The van der Waals surface area contributed by atoms with Crippen LogP contribution in [0.4, 0.5) is 13.2 Å². The number of aromatic nitrogens is 4. The van der Waals surface area contributed by atoms with Crippen molar-refractivity contribution in [3.05, 3.63) is 78.0 Å². The highest BCUT2D eigenvalue weighted by Gasteiger charge is 2.31. The summed E-state index contributed by atoms with van der Waals surface area (Å²) in [7, 11) is 0. The highest BCUT2D eigenvalue weighted by Crippen LogP contribution is 2.34. The molecular weight excluding hydrogens is 503 g/mol. The van der Waals surface area contributed by atoms with Crippen molar-refractivity contribution in [2.45, 2.75) is 49.7 Å². The lowest BCUT2D eigenvalue weighted by molar-refractivity contribution is -0.137. The molecule has 7 nitrogen and oxygen atoms in total. The van der Waals surface area contributed by atoms with Crippen LogP contribution in [0.25, 0.3) is 17.1 Å². The van der Waals surface area contributed by atoms with Gasteiger partial charge in [-0.15, -0.1) is 10.2 Å². The van der Waals surface area contributed by atoms with Crippen molar-refractivity contribution < 1.29 is 22.4 Å². The van der Waals surface area contributed by atoms with Gasteiger partial charge in [0.25, 0.3) is 5.91 Å². The van der Waals surface area contributed by atoms with Crippen LogP contribution >= 0.6 is 11.8 Å². The van der Waals surface area contributed by atoms with Gasteiger partial charge >= 0.3 is 6.18 Å². The van der Waals surface area contributed by atoms with Crippen LogP contribution in [0.15, 0.2) is 70.4 Å². The molecule has 2 heterocycles. The Hall–Kier alpha value is -3.60. The highest BCUT2D eigenvalue weighted by atomic mass is 32.2. The number of amides is 1. The van der Waals surface area contributed by atoms with Crippen molar-refractivity contribution in [3.63, 3.8) is 0 Å². The fourth-order valence-corrected chi connectivity index (χ4v) is 4.45. The molecule has 2 aromatic carbocycles. The van der Waals surface area contributed by atoms with Crippen LogP contribution in [-0.4, -0.2) is 32.2 Å². The number of nitrogens with zero attached hydrogens (tertiary/aromatic N) is 4. The Labute approximate surface area is 216 Å². The van der Waals surface area contributed by atoms with Crippen LogP contribution in [0, 0.1) is 0 Å². The SMILES string of the molecule is CCCCCCNC(=O)c1coc(CSc2nnc(-c3ccccc3)n2-c2cccc(C(F)(F)F)c2)n1. The number of carbonyl (C=O) groups is 1. The number of nitrogens with one attached hydrogen (secondary N) is 1. The van der Waals surface area contributed by atoms with Gasteiger partial charge in [-0.25, -0.2) is 4.98 Å². The second-order valence-corrected chi connectivity index (χ2v) is 9.23. The van der Waals surface area contributed by atoms with E-state index in [2.05, 4.69) is 27.4 Å². The second kappa shape index (κ2) is 12.1. The highest BCUT2D eigenvalue weighted by molar-refractivity contribution is 7.98. The van der Waals surface area contributed by atoms with Crippen LogP contribution in [-0.2, 0) is 11.9 Å². The minimum Gasteiger partial charge on any atom is -0.447 e. The minimum absolute atomic E-state index is 0.176. The van der Waals surface area contributed by atoms with Crippen LogP contribution in [0.2, 0.25) is 0 Å². The number of alkyl halides is 3. The zero-order valence-electron chi connectivity index (χ0n) is 20.2. The van der Waals surface area contributed by atoms with Gasteiger partial charge in [0.1, 0.15) is 6.26 Å². The number of unbranched alkanes of at least 4 members (excludes halogenated alkanes) is 3. The van der Waals surface area contributed by atoms with Crippen molar-refractivity contribution in [3.8, 4) is 17.1 Å². The summed E-state index contributed by atoms with van der Waals surface area (Å²) in [4.78, 5) is 16.6. The van der Waals surface area contributed by atoms with Gasteiger partial charge in [-0.3, -0.25) is 9.36 Å². The molecule has 194 valence electrons. The van der Waals surface area contributed by atoms with Gasteiger partial charge in [0.15, 0.2) is 16.7 Å². The Morgan fingerprint density at radius 2 is 1.86 bits per heavy atom. The van der Waals surface area contributed by atoms with E-state index in [-0.39, 0.29) is 23.0 Å². The largest absolute Gasteiger partial charge is 0.447 e. The standard InChI is InChI=1S/C26H26F3N5O2S/c1-2-3-4-8-14-30-24(35)21-16-36-22(31-21)17-37-25-33-32-23(18-10-6-5-7-11-18)34(25)20-13-9-12-19(15-20)26(27,28)29/h5-7,9-13,15-16H,2-4,8,14,17H2,1H3,(H,30,35).